The van der Waals surface area contributed by atoms with Crippen molar-refractivity contribution in [3.05, 3.63) is 18.2 Å². The first kappa shape index (κ1) is 21.2. The maximum atomic E-state index is 12.8. The van der Waals surface area contributed by atoms with Gasteiger partial charge in [0.2, 0.25) is 0 Å². The summed E-state index contributed by atoms with van der Waals surface area (Å²) in [4.78, 5) is 48.8. The Balaban J connectivity index is 2.41. The van der Waals surface area contributed by atoms with Gasteiger partial charge < -0.3 is 19.5 Å². The van der Waals surface area contributed by atoms with Crippen LogP contribution in [-0.4, -0.2) is 43.1 Å². The van der Waals surface area contributed by atoms with E-state index in [2.05, 4.69) is 5.32 Å². The molecule has 0 bridgehead atoms. The molecule has 0 saturated heterocycles. The molecule has 28 heavy (non-hydrogen) atoms. The first-order chi connectivity index (χ1) is 13.2. The van der Waals surface area contributed by atoms with E-state index >= 15 is 0 Å². The number of urea groups is 1. The third-order valence-corrected chi connectivity index (χ3v) is 4.29. The van der Waals surface area contributed by atoms with Crippen molar-refractivity contribution in [2.45, 2.75) is 52.1 Å². The van der Waals surface area contributed by atoms with E-state index < -0.39 is 30.0 Å². The van der Waals surface area contributed by atoms with Crippen LogP contribution in [0.1, 0.15) is 40.0 Å². The number of nitrogens with zero attached hydrogens (tertiary/aromatic N) is 1. The van der Waals surface area contributed by atoms with Crippen molar-refractivity contribution in [3.63, 3.8) is 0 Å². The predicted octanol–water partition coefficient (Wildman–Crippen LogP) is 2.17. The van der Waals surface area contributed by atoms with Gasteiger partial charge in [-0.2, -0.15) is 0 Å². The summed E-state index contributed by atoms with van der Waals surface area (Å²) in [5.74, 6) is -1.85. The average molecular weight is 392 g/mol. The molecule has 0 radical (unpaired) electrons. The largest absolute Gasteiger partial charge is 0.467 e. The smallest absolute Gasteiger partial charge is 0.328 e. The number of nitrogens with one attached hydrogen (secondary N) is 1. The predicted molar refractivity (Wildman–Crippen MR) is 99.2 cm³/mol. The number of rotatable bonds is 6. The first-order valence-electron chi connectivity index (χ1n) is 8.91. The minimum atomic E-state index is -0.935. The third kappa shape index (κ3) is 5.21. The number of carbonyl (C=O) groups excluding carboxylic acids is 4. The third-order valence-electron chi connectivity index (χ3n) is 4.29. The Morgan fingerprint density at radius 1 is 1.07 bits per heavy atom. The molecule has 1 aromatic carbocycles. The highest BCUT2D eigenvalue weighted by atomic mass is 16.6. The lowest BCUT2D eigenvalue weighted by Crippen LogP contribution is -2.52. The second-order valence-electron chi connectivity index (χ2n) is 6.46. The number of methoxy groups -OCH3 is 1. The number of esters is 3. The van der Waals surface area contributed by atoms with E-state index in [9.17, 15) is 19.2 Å². The van der Waals surface area contributed by atoms with Gasteiger partial charge in [0.15, 0.2) is 11.5 Å². The van der Waals surface area contributed by atoms with Gasteiger partial charge in [-0.1, -0.05) is 0 Å². The fourth-order valence-electron chi connectivity index (χ4n) is 2.71. The Kier molecular flexibility index (Phi) is 6.97. The molecule has 1 aromatic rings. The number of ether oxygens (including phenoxy) is 3. The summed E-state index contributed by atoms with van der Waals surface area (Å²) in [7, 11) is 1.23. The lowest BCUT2D eigenvalue weighted by atomic mass is 9.93. The van der Waals surface area contributed by atoms with Crippen LogP contribution in [0.2, 0.25) is 0 Å². The lowest BCUT2D eigenvalue weighted by molar-refractivity contribution is -0.141. The van der Waals surface area contributed by atoms with E-state index in [1.165, 1.54) is 51.0 Å². The minimum absolute atomic E-state index is 0.0246. The topological polar surface area (TPSA) is 111 Å². The Bertz CT molecular complexity index is 774. The number of hydrogen-bond donors (Lipinski definition) is 1. The molecule has 0 aliphatic heterocycles. The van der Waals surface area contributed by atoms with Crippen LogP contribution in [0, 0.1) is 0 Å². The number of carbonyl (C=O) groups is 4. The second kappa shape index (κ2) is 9.20. The van der Waals surface area contributed by atoms with Crippen molar-refractivity contribution >= 4 is 29.6 Å². The first-order valence-corrected chi connectivity index (χ1v) is 8.91. The zero-order valence-corrected chi connectivity index (χ0v) is 16.3. The van der Waals surface area contributed by atoms with Crippen LogP contribution in [0.4, 0.5) is 10.5 Å². The van der Waals surface area contributed by atoms with Crippen LogP contribution in [0.25, 0.3) is 0 Å². The summed E-state index contributed by atoms with van der Waals surface area (Å²) in [5, 5.41) is 2.87. The molecule has 1 atom stereocenters. The van der Waals surface area contributed by atoms with E-state index in [0.29, 0.717) is 0 Å². The van der Waals surface area contributed by atoms with E-state index in [1.54, 1.807) is 0 Å². The van der Waals surface area contributed by atoms with E-state index in [0.717, 1.165) is 19.3 Å². The van der Waals surface area contributed by atoms with Gasteiger partial charge in [-0.05, 0) is 38.3 Å². The van der Waals surface area contributed by atoms with Crippen molar-refractivity contribution in [1.82, 2.24) is 5.32 Å². The minimum Gasteiger partial charge on any atom is -0.467 e. The summed E-state index contributed by atoms with van der Waals surface area (Å²) < 4.78 is 14.9. The van der Waals surface area contributed by atoms with Crippen molar-refractivity contribution in [2.75, 3.05) is 12.0 Å². The summed E-state index contributed by atoms with van der Waals surface area (Å²) in [6, 6.07) is 2.88. The molecule has 1 unspecified atom stereocenters. The average Bonchev–Trinajstić information content (AvgIpc) is 2.58. The molecular weight excluding hydrogens is 368 g/mol. The van der Waals surface area contributed by atoms with Gasteiger partial charge >= 0.3 is 23.9 Å². The quantitative estimate of drug-likeness (QED) is 0.583. The van der Waals surface area contributed by atoms with Crippen molar-refractivity contribution in [2.24, 2.45) is 0 Å². The van der Waals surface area contributed by atoms with Gasteiger partial charge in [0, 0.05) is 26.0 Å². The van der Waals surface area contributed by atoms with Gasteiger partial charge in [-0.25, -0.2) is 9.59 Å². The van der Waals surface area contributed by atoms with Crippen LogP contribution < -0.4 is 19.7 Å². The summed E-state index contributed by atoms with van der Waals surface area (Å²) >= 11 is 0. The lowest BCUT2D eigenvalue weighted by Gasteiger charge is -2.33. The van der Waals surface area contributed by atoms with Crippen molar-refractivity contribution < 1.29 is 33.4 Å². The normalized spacial score (nSPS) is 14.3. The Labute approximate surface area is 162 Å². The van der Waals surface area contributed by atoms with Gasteiger partial charge in [0.1, 0.15) is 6.04 Å². The molecular formula is C19H24N2O7. The molecule has 2 rings (SSSR count). The molecule has 1 saturated carbocycles. The maximum Gasteiger partial charge on any atom is 0.328 e. The van der Waals surface area contributed by atoms with Gasteiger partial charge in [0.05, 0.1) is 12.8 Å². The Morgan fingerprint density at radius 3 is 2.18 bits per heavy atom. The maximum absolute atomic E-state index is 12.8. The van der Waals surface area contributed by atoms with Crippen LogP contribution in [-0.2, 0) is 19.1 Å². The Morgan fingerprint density at radius 2 is 1.68 bits per heavy atom. The van der Waals surface area contributed by atoms with Crippen molar-refractivity contribution in [1.29, 1.82) is 0 Å². The number of anilines is 1. The molecule has 1 N–H and O–H groups in total. The standard InChI is InChI=1S/C19H24N2O7/c1-11(18(24)26-4)21(19(25)20-14-6-5-7-14)15-8-9-16(27-12(2)22)17(10-15)28-13(3)23/h8-11,14H,5-7H2,1-4H3,(H,20,25). The van der Waals surface area contributed by atoms with E-state index in [-0.39, 0.29) is 23.2 Å². The molecule has 1 aliphatic rings. The van der Waals surface area contributed by atoms with E-state index in [1.807, 2.05) is 0 Å². The molecule has 1 fully saturated rings. The summed E-state index contributed by atoms with van der Waals surface area (Å²) in [6.45, 7) is 3.93. The molecule has 2 amide bonds. The number of hydrogen-bond acceptors (Lipinski definition) is 7. The van der Waals surface area contributed by atoms with Gasteiger partial charge in [-0.3, -0.25) is 14.5 Å². The summed E-state index contributed by atoms with van der Waals surface area (Å²) in [6.07, 6.45) is 2.78. The highest BCUT2D eigenvalue weighted by Crippen LogP contribution is 2.33. The SMILES string of the molecule is COC(=O)C(C)N(C(=O)NC1CCC1)c1ccc(OC(C)=O)c(OC(C)=O)c1. The summed E-state index contributed by atoms with van der Waals surface area (Å²) in [5.41, 5.74) is 0.280. The van der Waals surface area contributed by atoms with Crippen molar-refractivity contribution in [3.8, 4) is 11.5 Å². The highest BCUT2D eigenvalue weighted by Gasteiger charge is 2.31. The van der Waals surface area contributed by atoms with Crippen LogP contribution in [0.3, 0.4) is 0 Å². The number of amides is 2. The fraction of sp³-hybridized carbons (Fsp3) is 0.474. The fourth-order valence-corrected chi connectivity index (χ4v) is 2.71. The molecule has 9 nitrogen and oxygen atoms in total. The molecule has 1 aliphatic carbocycles. The van der Waals surface area contributed by atoms with E-state index in [4.69, 9.17) is 14.2 Å². The molecule has 0 heterocycles. The molecule has 0 aromatic heterocycles. The number of benzene rings is 1. The second-order valence-corrected chi connectivity index (χ2v) is 6.46. The highest BCUT2D eigenvalue weighted by molar-refractivity contribution is 5.99. The molecule has 152 valence electrons. The molecule has 9 heteroatoms. The van der Waals surface area contributed by atoms with Gasteiger partial charge in [0.25, 0.3) is 0 Å². The zero-order valence-electron chi connectivity index (χ0n) is 16.3. The van der Waals surface area contributed by atoms with Crippen LogP contribution in [0.5, 0.6) is 11.5 Å². The Hall–Kier alpha value is -3.10. The van der Waals surface area contributed by atoms with Crippen LogP contribution >= 0.6 is 0 Å². The monoisotopic (exact) mass is 392 g/mol. The van der Waals surface area contributed by atoms with Gasteiger partial charge in [-0.15, -0.1) is 0 Å². The zero-order chi connectivity index (χ0) is 20.8. The van der Waals surface area contributed by atoms with Crippen LogP contribution in [0.15, 0.2) is 18.2 Å². The molecule has 0 spiro atoms.